The number of nitrogens with one attached hydrogen (secondary N) is 1. The zero-order valence-electron chi connectivity index (χ0n) is 25.1. The number of amides is 1. The molecule has 1 aliphatic rings. The molecule has 3 nitrogen and oxygen atoms in total. The third-order valence-corrected chi connectivity index (χ3v) is 9.29. The molecule has 3 aromatic carbocycles. The predicted molar refractivity (Wildman–Crippen MR) is 171 cm³/mol. The molecule has 0 aromatic heterocycles. The maximum absolute atomic E-state index is 16.9. The summed E-state index contributed by atoms with van der Waals surface area (Å²) < 4.78 is 16.9. The first-order valence-electron chi connectivity index (χ1n) is 15.1. The number of hydrogen-bond acceptors (Lipinski definition) is 2. The Morgan fingerprint density at radius 3 is 2.51 bits per heavy atom. The van der Waals surface area contributed by atoms with E-state index in [-0.39, 0.29) is 22.2 Å². The summed E-state index contributed by atoms with van der Waals surface area (Å²) in [5.74, 6) is 0.190. The van der Waals surface area contributed by atoms with Gasteiger partial charge in [-0.1, -0.05) is 103 Å². The van der Waals surface area contributed by atoms with Gasteiger partial charge in [0.1, 0.15) is 11.6 Å². The Hall–Kier alpha value is -3.11. The first-order valence-corrected chi connectivity index (χ1v) is 15.5. The molecular weight excluding hydrogens is 533 g/mol. The van der Waals surface area contributed by atoms with E-state index in [1.165, 1.54) is 0 Å². The molecule has 0 saturated carbocycles. The van der Waals surface area contributed by atoms with Gasteiger partial charge in [-0.15, -0.1) is 0 Å². The Morgan fingerprint density at radius 1 is 1.12 bits per heavy atom. The molecule has 4 rings (SSSR count). The molecule has 0 spiro atoms. The van der Waals surface area contributed by atoms with Crippen molar-refractivity contribution in [3.8, 4) is 16.9 Å². The van der Waals surface area contributed by atoms with Crippen molar-refractivity contribution in [1.82, 2.24) is 5.32 Å². The molecule has 1 heterocycles. The van der Waals surface area contributed by atoms with Crippen LogP contribution in [0.1, 0.15) is 90.7 Å². The first-order chi connectivity index (χ1) is 19.6. The largest absolute Gasteiger partial charge is 0.508 e. The number of rotatable bonds is 12. The fraction of sp³-hybridized carbons (Fsp3) is 0.417. The number of halogens is 2. The van der Waals surface area contributed by atoms with Gasteiger partial charge in [-0.2, -0.15) is 0 Å². The van der Waals surface area contributed by atoms with Crippen molar-refractivity contribution < 1.29 is 14.3 Å². The molecule has 2 unspecified atom stereocenters. The minimum atomic E-state index is -0.793. The van der Waals surface area contributed by atoms with Crippen LogP contribution in [-0.4, -0.2) is 11.0 Å². The highest BCUT2D eigenvalue weighted by atomic mass is 35.5. The lowest BCUT2D eigenvalue weighted by Crippen LogP contribution is -2.34. The van der Waals surface area contributed by atoms with Gasteiger partial charge in [0.25, 0.3) is 0 Å². The van der Waals surface area contributed by atoms with Crippen molar-refractivity contribution in [1.29, 1.82) is 0 Å². The highest BCUT2D eigenvalue weighted by molar-refractivity contribution is 6.34. The van der Waals surface area contributed by atoms with Crippen LogP contribution in [0.15, 0.2) is 60.3 Å². The third-order valence-electron chi connectivity index (χ3n) is 8.99. The maximum Gasteiger partial charge on any atom is 0.235 e. The van der Waals surface area contributed by atoms with Crippen molar-refractivity contribution in [2.45, 2.75) is 86.0 Å². The van der Waals surface area contributed by atoms with E-state index in [0.29, 0.717) is 54.0 Å². The quantitative estimate of drug-likeness (QED) is 0.226. The number of phenolic OH excluding ortho intramolecular Hbond substituents is 1. The lowest BCUT2D eigenvalue weighted by atomic mass is 9.70. The van der Waals surface area contributed by atoms with E-state index in [1.54, 1.807) is 12.1 Å². The Bertz CT molecular complexity index is 1510. The summed E-state index contributed by atoms with van der Waals surface area (Å²) in [4.78, 5) is 13.9. The van der Waals surface area contributed by atoms with Crippen molar-refractivity contribution in [3.63, 3.8) is 0 Å². The molecule has 1 aliphatic heterocycles. The molecule has 0 saturated heterocycles. The van der Waals surface area contributed by atoms with Crippen molar-refractivity contribution in [2.75, 3.05) is 0 Å². The molecule has 218 valence electrons. The maximum atomic E-state index is 16.9. The number of fused-ring (bicyclic) bond motifs is 1. The Balaban J connectivity index is 2.00. The summed E-state index contributed by atoms with van der Waals surface area (Å²) in [6, 6.07) is 12.7. The van der Waals surface area contributed by atoms with Gasteiger partial charge < -0.3 is 10.4 Å². The highest BCUT2D eigenvalue weighted by Gasteiger charge is 2.48. The Morgan fingerprint density at radius 2 is 1.85 bits per heavy atom. The van der Waals surface area contributed by atoms with Gasteiger partial charge in [-0.25, -0.2) is 4.39 Å². The van der Waals surface area contributed by atoms with Crippen molar-refractivity contribution >= 4 is 33.9 Å². The lowest BCUT2D eigenvalue weighted by Gasteiger charge is -2.31. The van der Waals surface area contributed by atoms with E-state index in [9.17, 15) is 9.90 Å². The first kappa shape index (κ1) is 30.8. The molecule has 5 heteroatoms. The van der Waals surface area contributed by atoms with Gasteiger partial charge in [-0.05, 0) is 88.4 Å². The van der Waals surface area contributed by atoms with Crippen LogP contribution in [0.25, 0.3) is 27.5 Å². The van der Waals surface area contributed by atoms with E-state index in [4.69, 9.17) is 11.6 Å². The molecule has 0 radical (unpaired) electrons. The zero-order valence-corrected chi connectivity index (χ0v) is 25.9. The zero-order chi connectivity index (χ0) is 29.9. The topological polar surface area (TPSA) is 49.3 Å². The molecule has 2 atom stereocenters. The van der Waals surface area contributed by atoms with Crippen LogP contribution < -0.4 is 5.32 Å². The van der Waals surface area contributed by atoms with Crippen molar-refractivity contribution in [2.24, 2.45) is 11.3 Å². The number of benzene rings is 3. The normalized spacial score (nSPS) is 17.8. The fourth-order valence-corrected chi connectivity index (χ4v) is 6.61. The average Bonchev–Trinajstić information content (AvgIpc) is 3.25. The molecule has 41 heavy (non-hydrogen) atoms. The summed E-state index contributed by atoms with van der Waals surface area (Å²) in [5.41, 5.74) is 3.64. The van der Waals surface area contributed by atoms with E-state index < -0.39 is 11.2 Å². The van der Waals surface area contributed by atoms with Crippen molar-refractivity contribution in [3.05, 3.63) is 82.3 Å². The second kappa shape index (κ2) is 12.8. The Labute approximate surface area is 249 Å². The number of carbonyl (C=O) groups is 1. The van der Waals surface area contributed by atoms with Crippen LogP contribution in [0.3, 0.4) is 0 Å². The van der Waals surface area contributed by atoms with Crippen LogP contribution >= 0.6 is 11.6 Å². The minimum absolute atomic E-state index is 0.0363. The minimum Gasteiger partial charge on any atom is -0.508 e. The molecule has 0 fully saturated rings. The van der Waals surface area contributed by atoms with Crippen LogP contribution in [0.5, 0.6) is 5.75 Å². The van der Waals surface area contributed by atoms with E-state index in [2.05, 4.69) is 25.7 Å². The average molecular weight is 576 g/mol. The number of allylic oxidation sites excluding steroid dienone is 1. The number of aromatic hydroxyl groups is 1. The second-order valence-corrected chi connectivity index (χ2v) is 11.9. The van der Waals surface area contributed by atoms with E-state index >= 15 is 4.39 Å². The summed E-state index contributed by atoms with van der Waals surface area (Å²) in [7, 11) is 0. The smallest absolute Gasteiger partial charge is 0.235 e. The van der Waals surface area contributed by atoms with Gasteiger partial charge in [0.2, 0.25) is 5.91 Å². The lowest BCUT2D eigenvalue weighted by molar-refractivity contribution is -0.126. The Kier molecular flexibility index (Phi) is 9.64. The van der Waals surface area contributed by atoms with Crippen LogP contribution in [0.2, 0.25) is 5.02 Å². The third kappa shape index (κ3) is 5.68. The highest BCUT2D eigenvalue weighted by Crippen LogP contribution is 2.52. The van der Waals surface area contributed by atoms with Gasteiger partial charge in [-0.3, -0.25) is 4.79 Å². The van der Waals surface area contributed by atoms with Gasteiger partial charge >= 0.3 is 0 Å². The molecule has 1 amide bonds. The molecule has 3 aromatic rings. The predicted octanol–water partition coefficient (Wildman–Crippen LogP) is 10.4. The van der Waals surface area contributed by atoms with E-state index in [0.717, 1.165) is 47.6 Å². The molecule has 0 bridgehead atoms. The SMILES string of the molecule is C=C(CC)C1=C(c2cc(Cl)c(-c3cc(O)cc4ccccc34)c(F)c2CCC)C(CC)(CCCC(C)CC)C(=O)N1. The summed E-state index contributed by atoms with van der Waals surface area (Å²) in [6.45, 7) is 14.8. The van der Waals surface area contributed by atoms with Crippen LogP contribution in [0.4, 0.5) is 4.39 Å². The molecule has 0 aliphatic carbocycles. The van der Waals surface area contributed by atoms with Gasteiger partial charge in [0, 0.05) is 11.3 Å². The van der Waals surface area contributed by atoms with E-state index in [1.807, 2.05) is 51.1 Å². The van der Waals surface area contributed by atoms with Crippen LogP contribution in [0, 0.1) is 17.2 Å². The van der Waals surface area contributed by atoms with Gasteiger partial charge in [0.05, 0.1) is 10.4 Å². The number of phenols is 1. The number of hydrogen-bond donors (Lipinski definition) is 2. The summed E-state index contributed by atoms with van der Waals surface area (Å²) >= 11 is 7.00. The summed E-state index contributed by atoms with van der Waals surface area (Å²) in [5, 5.41) is 15.6. The molecular formula is C36H43ClFNO2. The molecule has 2 N–H and O–H groups in total. The monoisotopic (exact) mass is 575 g/mol. The fourth-order valence-electron chi connectivity index (χ4n) is 6.32. The van der Waals surface area contributed by atoms with Gasteiger partial charge in [0.15, 0.2) is 0 Å². The van der Waals surface area contributed by atoms with Crippen LogP contribution in [-0.2, 0) is 11.2 Å². The second-order valence-electron chi connectivity index (χ2n) is 11.5. The summed E-state index contributed by atoms with van der Waals surface area (Å²) in [6.07, 6.45) is 6.17. The standard InChI is InChI=1S/C36H43ClFNO2/c1-7-14-27-29(21-30(37)31(33(27)38)28-20-25(40)19-24-16-11-12-17-26(24)28)32-34(23(6)9-3)39-35(41)36(32,10-4)18-13-15-22(5)8-2/h11-12,16-17,19-22,40H,6-10,13-15,18H2,1-5H3,(H,39,41). The number of carbonyl (C=O) groups excluding carboxylic acids is 1.